The maximum atomic E-state index is 13.3. The lowest BCUT2D eigenvalue weighted by atomic mass is 10.00. The number of rotatable bonds is 3. The third kappa shape index (κ3) is 3.07. The van der Waals surface area contributed by atoms with Gasteiger partial charge in [-0.1, -0.05) is 34.8 Å². The fraction of sp³-hybridized carbons (Fsp3) is 0.300. The molecule has 0 aliphatic carbocycles. The molecule has 0 bridgehead atoms. The molecule has 1 rings (SSSR count). The number of hydrogen-bond acceptors (Lipinski definition) is 1. The van der Waals surface area contributed by atoms with E-state index in [1.807, 2.05) is 0 Å². The summed E-state index contributed by atoms with van der Waals surface area (Å²) in [4.78, 5) is 11.4. The summed E-state index contributed by atoms with van der Waals surface area (Å²) in [5.74, 6) is -15.5. The number of carbonyl (C=O) groups is 1. The van der Waals surface area contributed by atoms with Gasteiger partial charge in [0.15, 0.2) is 0 Å². The Kier molecular flexibility index (Phi) is 4.78. The highest BCUT2D eigenvalue weighted by molar-refractivity contribution is 6.45. The Morgan fingerprint density at radius 1 is 0.905 bits per heavy atom. The van der Waals surface area contributed by atoms with Crippen LogP contribution in [0.4, 0.5) is 30.7 Å². The van der Waals surface area contributed by atoms with Crippen LogP contribution in [0.25, 0.3) is 0 Å². The minimum Gasteiger partial charge on any atom is -0.287 e. The van der Waals surface area contributed by atoms with E-state index < -0.39 is 44.4 Å². The van der Waals surface area contributed by atoms with E-state index in [-0.39, 0.29) is 0 Å². The van der Waals surface area contributed by atoms with Crippen LogP contribution in [0, 0.1) is 0 Å². The summed E-state index contributed by atoms with van der Waals surface area (Å²) in [6.45, 7) is 0. The Balaban J connectivity index is 3.44. The smallest absolute Gasteiger partial charge is 0.287 e. The summed E-state index contributed by atoms with van der Waals surface area (Å²) in [5, 5.41) is -1.92. The maximum Gasteiger partial charge on any atom is 0.460 e. The molecule has 0 unspecified atom stereocenters. The van der Waals surface area contributed by atoms with Gasteiger partial charge in [0.2, 0.25) is 5.78 Å². The molecule has 0 amide bonds. The molecule has 0 fully saturated rings. The summed E-state index contributed by atoms with van der Waals surface area (Å²) in [5.41, 5.74) is -1.34. The van der Waals surface area contributed by atoms with Crippen molar-refractivity contribution >= 4 is 40.6 Å². The highest BCUT2D eigenvalue weighted by Crippen LogP contribution is 2.48. The lowest BCUT2D eigenvalue weighted by Crippen LogP contribution is -2.56. The second kappa shape index (κ2) is 5.48. The zero-order valence-corrected chi connectivity index (χ0v) is 11.6. The van der Waals surface area contributed by atoms with Crippen LogP contribution in [0.1, 0.15) is 10.4 Å². The molecule has 0 N–H and O–H groups in total. The molecule has 118 valence electrons. The number of carbonyl (C=O) groups excluding carboxylic acids is 1. The predicted molar refractivity (Wildman–Crippen MR) is 61.8 cm³/mol. The fourth-order valence-electron chi connectivity index (χ4n) is 1.21. The minimum atomic E-state index is -6.64. The number of hydrogen-bond donors (Lipinski definition) is 0. The van der Waals surface area contributed by atoms with Crippen LogP contribution in [0.2, 0.25) is 15.1 Å². The average Bonchev–Trinajstić information content (AvgIpc) is 2.31. The van der Waals surface area contributed by atoms with Gasteiger partial charge in [-0.05, 0) is 12.1 Å². The van der Waals surface area contributed by atoms with Gasteiger partial charge in [-0.15, -0.1) is 0 Å². The molecular weight excluding hydrogens is 375 g/mol. The standard InChI is InChI=1S/C10H2Cl3F7O/c11-3-1-4(6(13)5(12)2-3)7(21)8(14,15)9(16,17)10(18,19)20/h1-2H. The Bertz CT molecular complexity index is 583. The van der Waals surface area contributed by atoms with Crippen molar-refractivity contribution < 1.29 is 35.5 Å². The van der Waals surface area contributed by atoms with Gasteiger partial charge < -0.3 is 0 Å². The van der Waals surface area contributed by atoms with Gasteiger partial charge in [-0.25, -0.2) is 0 Å². The molecule has 21 heavy (non-hydrogen) atoms. The number of benzene rings is 1. The zero-order valence-electron chi connectivity index (χ0n) is 9.34. The highest BCUT2D eigenvalue weighted by Gasteiger charge is 2.76. The average molecular weight is 377 g/mol. The fourth-order valence-corrected chi connectivity index (χ4v) is 1.90. The largest absolute Gasteiger partial charge is 0.460 e. The van der Waals surface area contributed by atoms with Gasteiger partial charge in [0.05, 0.1) is 10.0 Å². The first kappa shape index (κ1) is 18.3. The van der Waals surface area contributed by atoms with Crippen molar-refractivity contribution in [2.24, 2.45) is 0 Å². The number of Topliss-reactive ketones (excluding diaryl/α,β-unsaturated/α-hetero) is 1. The van der Waals surface area contributed by atoms with E-state index in [1.54, 1.807) is 0 Å². The van der Waals surface area contributed by atoms with Crippen LogP contribution in [-0.2, 0) is 0 Å². The van der Waals surface area contributed by atoms with Crippen LogP contribution in [0.3, 0.4) is 0 Å². The first-order chi connectivity index (χ1) is 9.23. The van der Waals surface area contributed by atoms with Crippen LogP contribution in [0.15, 0.2) is 12.1 Å². The summed E-state index contributed by atoms with van der Waals surface area (Å²) in [6.07, 6.45) is -6.64. The predicted octanol–water partition coefficient (Wildman–Crippen LogP) is 5.66. The van der Waals surface area contributed by atoms with Crippen LogP contribution >= 0.6 is 34.8 Å². The quantitative estimate of drug-likeness (QED) is 0.377. The van der Waals surface area contributed by atoms with Crippen LogP contribution < -0.4 is 0 Å². The van der Waals surface area contributed by atoms with E-state index in [9.17, 15) is 35.5 Å². The molecule has 1 aromatic rings. The molecule has 0 saturated heterocycles. The molecule has 0 aliphatic rings. The summed E-state index contributed by atoms with van der Waals surface area (Å²) >= 11 is 16.1. The van der Waals surface area contributed by atoms with Gasteiger partial charge >= 0.3 is 18.0 Å². The molecular formula is C10H2Cl3F7O. The summed E-state index contributed by atoms with van der Waals surface area (Å²) in [6, 6.07) is 1.31. The maximum absolute atomic E-state index is 13.3. The first-order valence-corrected chi connectivity index (χ1v) is 5.88. The van der Waals surface area contributed by atoms with Gasteiger partial charge in [0.25, 0.3) is 0 Å². The number of alkyl halides is 7. The topological polar surface area (TPSA) is 17.1 Å². The SMILES string of the molecule is O=C(c1cc(Cl)cc(Cl)c1Cl)C(F)(F)C(F)(F)C(F)(F)F. The van der Waals surface area contributed by atoms with Gasteiger partial charge in [-0.3, -0.25) is 4.79 Å². The zero-order chi connectivity index (χ0) is 16.8. The van der Waals surface area contributed by atoms with E-state index in [2.05, 4.69) is 0 Å². The Morgan fingerprint density at radius 3 is 1.81 bits per heavy atom. The van der Waals surface area contributed by atoms with E-state index in [0.717, 1.165) is 6.07 Å². The molecule has 0 aliphatic heterocycles. The lowest BCUT2D eigenvalue weighted by molar-refractivity contribution is -0.339. The molecule has 0 atom stereocenters. The second-order valence-electron chi connectivity index (χ2n) is 3.72. The Labute approximate surface area is 127 Å². The number of halogens is 10. The van der Waals surface area contributed by atoms with Crippen molar-refractivity contribution in [2.45, 2.75) is 18.0 Å². The number of ketones is 1. The Hall–Kier alpha value is -0.730. The normalized spacial score (nSPS) is 13.4. The van der Waals surface area contributed by atoms with E-state index in [1.165, 1.54) is 0 Å². The van der Waals surface area contributed by atoms with Crippen LogP contribution in [0.5, 0.6) is 0 Å². The Morgan fingerprint density at radius 2 is 1.38 bits per heavy atom. The van der Waals surface area contributed by atoms with Gasteiger partial charge in [-0.2, -0.15) is 30.7 Å². The molecule has 0 heterocycles. The molecule has 0 spiro atoms. The summed E-state index contributed by atoms with van der Waals surface area (Å²) < 4.78 is 88.0. The molecule has 0 aromatic heterocycles. The molecule has 0 radical (unpaired) electrons. The van der Waals surface area contributed by atoms with Gasteiger partial charge in [0.1, 0.15) is 0 Å². The summed E-state index contributed by atoms with van der Waals surface area (Å²) in [7, 11) is 0. The van der Waals surface area contributed by atoms with Crippen molar-refractivity contribution in [1.29, 1.82) is 0 Å². The lowest BCUT2D eigenvalue weighted by Gasteiger charge is -2.27. The monoisotopic (exact) mass is 376 g/mol. The van der Waals surface area contributed by atoms with E-state index in [0.29, 0.717) is 6.07 Å². The molecule has 1 nitrogen and oxygen atoms in total. The second-order valence-corrected chi connectivity index (χ2v) is 4.95. The van der Waals surface area contributed by atoms with Gasteiger partial charge in [0, 0.05) is 10.6 Å². The first-order valence-electron chi connectivity index (χ1n) is 4.75. The molecule has 11 heteroatoms. The third-order valence-corrected chi connectivity index (χ3v) is 3.29. The van der Waals surface area contributed by atoms with E-state index in [4.69, 9.17) is 34.8 Å². The molecule has 0 saturated carbocycles. The van der Waals surface area contributed by atoms with Crippen molar-refractivity contribution in [3.63, 3.8) is 0 Å². The highest BCUT2D eigenvalue weighted by atomic mass is 35.5. The van der Waals surface area contributed by atoms with Crippen molar-refractivity contribution in [3.8, 4) is 0 Å². The van der Waals surface area contributed by atoms with E-state index >= 15 is 0 Å². The van der Waals surface area contributed by atoms with Crippen molar-refractivity contribution in [1.82, 2.24) is 0 Å². The van der Waals surface area contributed by atoms with Crippen molar-refractivity contribution in [3.05, 3.63) is 32.8 Å². The van der Waals surface area contributed by atoms with Crippen molar-refractivity contribution in [2.75, 3.05) is 0 Å². The molecule has 1 aromatic carbocycles. The third-order valence-electron chi connectivity index (χ3n) is 2.27. The van der Waals surface area contributed by atoms with Crippen LogP contribution in [-0.4, -0.2) is 23.8 Å². The minimum absolute atomic E-state index is 0.415.